The molecule has 0 aliphatic rings. The molecule has 32 heavy (non-hydrogen) atoms. The van der Waals surface area contributed by atoms with Crippen LogP contribution in [0.3, 0.4) is 0 Å². The molecule has 0 fully saturated rings. The number of hydrogen-bond donors (Lipinski definition) is 0. The van der Waals surface area contributed by atoms with Crippen molar-refractivity contribution in [2.45, 2.75) is 52.4 Å². The largest absolute Gasteiger partial charge is 0.244 e. The first-order valence-corrected chi connectivity index (χ1v) is 12.7. The summed E-state index contributed by atoms with van der Waals surface area (Å²) in [5.41, 5.74) is 13.9. The molecule has 0 unspecified atom stereocenters. The summed E-state index contributed by atoms with van der Waals surface area (Å²) < 4.78 is 2.42. The summed E-state index contributed by atoms with van der Waals surface area (Å²) in [7, 11) is 0. The van der Waals surface area contributed by atoms with Gasteiger partial charge in [0.25, 0.3) is 0 Å². The average Bonchev–Trinajstić information content (AvgIpc) is 3.40. The Hall–Kier alpha value is -2.56. The molecule has 0 aliphatic heterocycles. The zero-order valence-electron chi connectivity index (χ0n) is 19.5. The molecule has 5 rings (SSSR count). The summed E-state index contributed by atoms with van der Waals surface area (Å²) in [6, 6.07) is 18.0. The van der Waals surface area contributed by atoms with Gasteiger partial charge in [-0.05, 0) is 33.1 Å². The van der Waals surface area contributed by atoms with Gasteiger partial charge in [-0.15, -0.1) is 22.7 Å². The molecule has 0 atom stereocenters. The quantitative estimate of drug-likeness (QED) is 0.265. The standard InChI is InChI=1S/C28H28N2S2/c1-27(2,3)19-11-7-17(8-12-19)21-23-26(32-15-29-23)22(24-25(21)31-16-30-24)18-9-13-20(14-10-18)28(4,5)6/h7-16H,1-6H3. The number of rotatable bonds is 2. The zero-order chi connectivity index (χ0) is 22.7. The Kier molecular flexibility index (Phi) is 4.99. The van der Waals surface area contributed by atoms with Crippen LogP contribution < -0.4 is 0 Å². The van der Waals surface area contributed by atoms with E-state index in [0.29, 0.717) is 0 Å². The minimum atomic E-state index is 0.136. The van der Waals surface area contributed by atoms with Crippen LogP contribution in [0.1, 0.15) is 52.7 Å². The number of nitrogens with zero attached hydrogens (tertiary/aromatic N) is 2. The molecule has 0 saturated carbocycles. The van der Waals surface area contributed by atoms with Gasteiger partial charge in [-0.1, -0.05) is 90.1 Å². The molecule has 2 nitrogen and oxygen atoms in total. The molecule has 0 amide bonds. The fourth-order valence-corrected chi connectivity index (χ4v) is 5.95. The lowest BCUT2D eigenvalue weighted by Crippen LogP contribution is -2.10. The minimum Gasteiger partial charge on any atom is -0.244 e. The normalized spacial score (nSPS) is 12.7. The van der Waals surface area contributed by atoms with Crippen molar-refractivity contribution in [2.24, 2.45) is 0 Å². The van der Waals surface area contributed by atoms with Crippen LogP contribution in [-0.4, -0.2) is 9.97 Å². The van der Waals surface area contributed by atoms with Gasteiger partial charge in [0.2, 0.25) is 0 Å². The third-order valence-electron chi connectivity index (χ3n) is 6.14. The van der Waals surface area contributed by atoms with E-state index in [-0.39, 0.29) is 10.8 Å². The van der Waals surface area contributed by atoms with Gasteiger partial charge in [-0.2, -0.15) is 0 Å². The molecule has 0 N–H and O–H groups in total. The Labute approximate surface area is 198 Å². The molecule has 4 heteroatoms. The molecular weight excluding hydrogens is 428 g/mol. The second kappa shape index (κ2) is 7.50. The maximum atomic E-state index is 4.84. The van der Waals surface area contributed by atoms with Crippen LogP contribution in [0.5, 0.6) is 0 Å². The molecule has 0 aliphatic carbocycles. The van der Waals surface area contributed by atoms with E-state index in [1.807, 2.05) is 11.0 Å². The Morgan fingerprint density at radius 3 is 1.19 bits per heavy atom. The summed E-state index contributed by atoms with van der Waals surface area (Å²) in [4.78, 5) is 9.67. The van der Waals surface area contributed by atoms with Crippen molar-refractivity contribution in [2.75, 3.05) is 0 Å². The predicted octanol–water partition coefficient (Wildman–Crippen LogP) is 8.84. The lowest BCUT2D eigenvalue weighted by molar-refractivity contribution is 0.590. The number of fused-ring (bicyclic) bond motifs is 2. The van der Waals surface area contributed by atoms with Crippen LogP contribution in [0.4, 0.5) is 0 Å². The van der Waals surface area contributed by atoms with Crippen molar-refractivity contribution >= 4 is 43.1 Å². The van der Waals surface area contributed by atoms with E-state index in [1.54, 1.807) is 22.7 Å². The fourth-order valence-electron chi connectivity index (χ4n) is 4.23. The van der Waals surface area contributed by atoms with Crippen molar-refractivity contribution in [1.82, 2.24) is 9.97 Å². The Morgan fingerprint density at radius 2 is 0.875 bits per heavy atom. The molecule has 0 spiro atoms. The van der Waals surface area contributed by atoms with Gasteiger partial charge in [0.1, 0.15) is 0 Å². The van der Waals surface area contributed by atoms with Crippen LogP contribution in [0.2, 0.25) is 0 Å². The first kappa shape index (κ1) is 21.3. The van der Waals surface area contributed by atoms with Gasteiger partial charge in [0, 0.05) is 11.1 Å². The van der Waals surface area contributed by atoms with Crippen LogP contribution in [0.15, 0.2) is 59.6 Å². The van der Waals surface area contributed by atoms with Gasteiger partial charge in [0.15, 0.2) is 0 Å². The van der Waals surface area contributed by atoms with Gasteiger partial charge in [0.05, 0.1) is 31.5 Å². The van der Waals surface area contributed by atoms with E-state index in [9.17, 15) is 0 Å². The number of hydrogen-bond acceptors (Lipinski definition) is 4. The van der Waals surface area contributed by atoms with E-state index in [4.69, 9.17) is 9.97 Å². The topological polar surface area (TPSA) is 25.8 Å². The number of thiazole rings is 2. The second-order valence-corrected chi connectivity index (χ2v) is 12.2. The van der Waals surface area contributed by atoms with Crippen molar-refractivity contribution in [3.05, 3.63) is 70.7 Å². The first-order chi connectivity index (χ1) is 15.1. The maximum Gasteiger partial charge on any atom is 0.0912 e. The molecule has 162 valence electrons. The van der Waals surface area contributed by atoms with Gasteiger partial charge < -0.3 is 0 Å². The monoisotopic (exact) mass is 456 g/mol. The molecular formula is C28H28N2S2. The Balaban J connectivity index is 1.74. The number of aromatic nitrogens is 2. The van der Waals surface area contributed by atoms with Crippen molar-refractivity contribution in [3.63, 3.8) is 0 Å². The van der Waals surface area contributed by atoms with Crippen molar-refractivity contribution in [3.8, 4) is 22.3 Å². The van der Waals surface area contributed by atoms with Crippen molar-refractivity contribution < 1.29 is 0 Å². The third-order valence-corrected chi connectivity index (χ3v) is 7.83. The lowest BCUT2D eigenvalue weighted by atomic mass is 9.85. The molecule has 0 saturated heterocycles. The van der Waals surface area contributed by atoms with Crippen LogP contribution >= 0.6 is 22.7 Å². The number of benzene rings is 3. The van der Waals surface area contributed by atoms with E-state index < -0.39 is 0 Å². The molecule has 3 aromatic carbocycles. The highest BCUT2D eigenvalue weighted by Gasteiger charge is 2.22. The highest BCUT2D eigenvalue weighted by atomic mass is 32.1. The second-order valence-electron chi connectivity index (χ2n) is 10.5. The van der Waals surface area contributed by atoms with Gasteiger partial charge >= 0.3 is 0 Å². The molecule has 0 radical (unpaired) electrons. The summed E-state index contributed by atoms with van der Waals surface area (Å²) in [6.45, 7) is 13.5. The first-order valence-electron chi connectivity index (χ1n) is 11.0. The summed E-state index contributed by atoms with van der Waals surface area (Å²) in [5.74, 6) is 0. The zero-order valence-corrected chi connectivity index (χ0v) is 21.1. The smallest absolute Gasteiger partial charge is 0.0912 e. The van der Waals surface area contributed by atoms with E-state index in [2.05, 4.69) is 90.1 Å². The maximum absolute atomic E-state index is 4.84. The van der Waals surface area contributed by atoms with E-state index in [0.717, 1.165) is 11.0 Å². The van der Waals surface area contributed by atoms with E-state index >= 15 is 0 Å². The third kappa shape index (κ3) is 3.56. The van der Waals surface area contributed by atoms with Crippen molar-refractivity contribution in [1.29, 1.82) is 0 Å². The van der Waals surface area contributed by atoms with Gasteiger partial charge in [-0.25, -0.2) is 9.97 Å². The summed E-state index contributed by atoms with van der Waals surface area (Å²) in [6.07, 6.45) is 0. The highest BCUT2D eigenvalue weighted by molar-refractivity contribution is 7.19. The van der Waals surface area contributed by atoms with Crippen LogP contribution in [0, 0.1) is 0 Å². The van der Waals surface area contributed by atoms with Crippen LogP contribution in [-0.2, 0) is 10.8 Å². The Morgan fingerprint density at radius 1 is 0.531 bits per heavy atom. The van der Waals surface area contributed by atoms with Crippen LogP contribution in [0.25, 0.3) is 42.7 Å². The predicted molar refractivity (Wildman–Crippen MR) is 141 cm³/mol. The molecule has 2 heterocycles. The summed E-state index contributed by atoms with van der Waals surface area (Å²) in [5, 5.41) is 0. The lowest BCUT2D eigenvalue weighted by Gasteiger charge is -2.20. The Bertz CT molecular complexity index is 1250. The van der Waals surface area contributed by atoms with Gasteiger partial charge in [-0.3, -0.25) is 0 Å². The highest BCUT2D eigenvalue weighted by Crippen LogP contribution is 2.46. The fraction of sp³-hybridized carbons (Fsp3) is 0.286. The minimum absolute atomic E-state index is 0.136. The molecule has 5 aromatic rings. The average molecular weight is 457 g/mol. The van der Waals surface area contributed by atoms with E-state index in [1.165, 1.54) is 42.8 Å². The SMILES string of the molecule is CC(C)(C)c1ccc(-c2c3ncsc3c(-c3ccc(C(C)(C)C)cc3)c3ncsc23)cc1. The molecule has 0 bridgehead atoms. The summed E-state index contributed by atoms with van der Waals surface area (Å²) >= 11 is 3.41. The molecule has 2 aromatic heterocycles.